The van der Waals surface area contributed by atoms with Gasteiger partial charge in [-0.25, -0.2) is 0 Å². The van der Waals surface area contributed by atoms with Gasteiger partial charge in [-0.2, -0.15) is 0 Å². The molecule has 2 aliphatic rings. The molecule has 172 valence electrons. The van der Waals surface area contributed by atoms with Gasteiger partial charge in [-0.3, -0.25) is 9.59 Å². The maximum atomic E-state index is 13.5. The minimum atomic E-state index is -0.178. The van der Waals surface area contributed by atoms with Crippen molar-refractivity contribution in [1.29, 1.82) is 0 Å². The molecule has 1 atom stereocenters. The van der Waals surface area contributed by atoms with Crippen LogP contribution < -0.4 is 4.74 Å². The van der Waals surface area contributed by atoms with E-state index in [0.29, 0.717) is 35.5 Å². The summed E-state index contributed by atoms with van der Waals surface area (Å²) in [5.74, 6) is 1.16. The van der Waals surface area contributed by atoms with E-state index in [0.717, 1.165) is 30.6 Å². The number of hydrogen-bond donors (Lipinski definition) is 0. The predicted octanol–water partition coefficient (Wildman–Crippen LogP) is 5.52. The predicted molar refractivity (Wildman–Crippen MR) is 132 cm³/mol. The Hall–Kier alpha value is -2.35. The van der Waals surface area contributed by atoms with Crippen molar-refractivity contribution < 1.29 is 14.3 Å². The van der Waals surface area contributed by atoms with E-state index in [1.165, 1.54) is 16.2 Å². The van der Waals surface area contributed by atoms with Crippen LogP contribution in [0.5, 0.6) is 5.75 Å². The van der Waals surface area contributed by atoms with Gasteiger partial charge in [0.2, 0.25) is 5.91 Å². The van der Waals surface area contributed by atoms with E-state index in [9.17, 15) is 9.59 Å². The Kier molecular flexibility index (Phi) is 6.71. The second kappa shape index (κ2) is 9.87. The van der Waals surface area contributed by atoms with Crippen molar-refractivity contribution in [2.75, 3.05) is 26.2 Å². The summed E-state index contributed by atoms with van der Waals surface area (Å²) in [7, 11) is 0. The van der Waals surface area contributed by atoms with E-state index >= 15 is 0 Å². The van der Waals surface area contributed by atoms with Gasteiger partial charge in [0.15, 0.2) is 0 Å². The Morgan fingerprint density at radius 2 is 1.91 bits per heavy atom. The summed E-state index contributed by atoms with van der Waals surface area (Å²) in [5, 5.41) is 4.63. The van der Waals surface area contributed by atoms with Gasteiger partial charge < -0.3 is 14.5 Å². The fraction of sp³-hybridized carbons (Fsp3) is 0.360. The van der Waals surface area contributed by atoms with E-state index in [-0.39, 0.29) is 24.4 Å². The zero-order valence-electron chi connectivity index (χ0n) is 18.1. The molecule has 8 heteroatoms. The smallest absolute Gasteiger partial charge is 0.264 e. The number of amides is 2. The molecule has 2 aromatic heterocycles. The molecule has 1 saturated carbocycles. The van der Waals surface area contributed by atoms with Crippen LogP contribution in [0.3, 0.4) is 0 Å². The standard InChI is InChI=1S/C25H25ClN2O3S2/c26-18-5-7-19(8-6-18)31-16-21-20-10-13-33-22(20)9-11-28(21)24(29)15-27(14-17-3-4-17)25(30)23-2-1-12-32-23/h1-2,5-8,10,12-13,17,21H,3-4,9,11,14-16H2/t21-/m0/s1. The molecule has 1 aliphatic heterocycles. The number of thiophene rings is 2. The highest BCUT2D eigenvalue weighted by Gasteiger charge is 2.35. The molecule has 0 bridgehead atoms. The molecule has 0 spiro atoms. The van der Waals surface area contributed by atoms with Crippen LogP contribution in [0.2, 0.25) is 5.02 Å². The summed E-state index contributed by atoms with van der Waals surface area (Å²) >= 11 is 9.14. The molecule has 0 unspecified atom stereocenters. The van der Waals surface area contributed by atoms with Gasteiger partial charge in [0, 0.05) is 23.0 Å². The van der Waals surface area contributed by atoms with Crippen LogP contribution >= 0.6 is 34.3 Å². The fourth-order valence-electron chi connectivity index (χ4n) is 4.22. The van der Waals surface area contributed by atoms with Gasteiger partial charge >= 0.3 is 0 Å². The lowest BCUT2D eigenvalue weighted by Crippen LogP contribution is -2.48. The highest BCUT2D eigenvalue weighted by Crippen LogP contribution is 2.35. The van der Waals surface area contributed by atoms with Gasteiger partial charge in [0.05, 0.1) is 10.9 Å². The largest absolute Gasteiger partial charge is 0.491 e. The second-order valence-electron chi connectivity index (χ2n) is 8.52. The zero-order chi connectivity index (χ0) is 22.8. The van der Waals surface area contributed by atoms with E-state index in [4.69, 9.17) is 16.3 Å². The molecule has 3 heterocycles. The minimum Gasteiger partial charge on any atom is -0.491 e. The number of fused-ring (bicyclic) bond motifs is 1. The Balaban J connectivity index is 1.33. The Morgan fingerprint density at radius 3 is 2.64 bits per heavy atom. The second-order valence-corrected chi connectivity index (χ2v) is 10.9. The van der Waals surface area contributed by atoms with Crippen LogP contribution in [0.15, 0.2) is 53.2 Å². The molecule has 3 aromatic rings. The average Bonchev–Trinajstić information content (AvgIpc) is 3.27. The molecule has 0 N–H and O–H groups in total. The van der Waals surface area contributed by atoms with Gasteiger partial charge in [-0.15, -0.1) is 22.7 Å². The highest BCUT2D eigenvalue weighted by atomic mass is 35.5. The number of benzene rings is 1. The number of halogens is 1. The van der Waals surface area contributed by atoms with Crippen LogP contribution in [-0.2, 0) is 11.2 Å². The first-order valence-electron chi connectivity index (χ1n) is 11.2. The molecule has 5 rings (SSSR count). The molecule has 5 nitrogen and oxygen atoms in total. The summed E-state index contributed by atoms with van der Waals surface area (Å²) in [4.78, 5) is 32.3. The number of ether oxygens (including phenoxy) is 1. The first-order valence-corrected chi connectivity index (χ1v) is 13.3. The molecular formula is C25H25ClN2O3S2. The lowest BCUT2D eigenvalue weighted by molar-refractivity contribution is -0.135. The third kappa shape index (κ3) is 5.26. The number of carbonyl (C=O) groups is 2. The van der Waals surface area contributed by atoms with Crippen molar-refractivity contribution in [2.45, 2.75) is 25.3 Å². The normalized spacial score (nSPS) is 17.5. The van der Waals surface area contributed by atoms with Gasteiger partial charge in [-0.1, -0.05) is 17.7 Å². The summed E-state index contributed by atoms with van der Waals surface area (Å²) in [6.45, 7) is 1.74. The molecule has 1 fully saturated rings. The average molecular weight is 501 g/mol. The number of hydrogen-bond acceptors (Lipinski definition) is 5. The van der Waals surface area contributed by atoms with Crippen LogP contribution in [0.4, 0.5) is 0 Å². The van der Waals surface area contributed by atoms with Gasteiger partial charge in [-0.05, 0) is 77.9 Å². The topological polar surface area (TPSA) is 49.9 Å². The first kappa shape index (κ1) is 22.4. The number of carbonyl (C=O) groups excluding carboxylic acids is 2. The Labute approximate surface area is 206 Å². The van der Waals surface area contributed by atoms with Gasteiger partial charge in [0.25, 0.3) is 5.91 Å². The molecule has 0 radical (unpaired) electrons. The zero-order valence-corrected chi connectivity index (χ0v) is 20.5. The first-order chi connectivity index (χ1) is 16.1. The van der Waals surface area contributed by atoms with E-state index in [1.807, 2.05) is 34.5 Å². The monoisotopic (exact) mass is 500 g/mol. The summed E-state index contributed by atoms with van der Waals surface area (Å²) in [6.07, 6.45) is 3.08. The van der Waals surface area contributed by atoms with Crippen molar-refractivity contribution in [2.24, 2.45) is 5.92 Å². The third-order valence-corrected chi connectivity index (χ3v) is 8.26. The summed E-state index contributed by atoms with van der Waals surface area (Å²) < 4.78 is 6.07. The van der Waals surface area contributed by atoms with Crippen molar-refractivity contribution in [3.63, 3.8) is 0 Å². The highest BCUT2D eigenvalue weighted by molar-refractivity contribution is 7.12. The maximum Gasteiger partial charge on any atom is 0.264 e. The third-order valence-electron chi connectivity index (χ3n) is 6.16. The molecule has 33 heavy (non-hydrogen) atoms. The number of nitrogens with zero attached hydrogens (tertiary/aromatic N) is 2. The van der Waals surface area contributed by atoms with Crippen molar-refractivity contribution in [3.8, 4) is 5.75 Å². The van der Waals surface area contributed by atoms with Crippen LogP contribution in [0.25, 0.3) is 0 Å². The van der Waals surface area contributed by atoms with Crippen LogP contribution in [0, 0.1) is 5.92 Å². The molecule has 0 saturated heterocycles. The SMILES string of the molecule is O=C(c1cccs1)N(CC(=O)N1CCc2sccc2[C@@H]1COc1ccc(Cl)cc1)CC1CC1. The van der Waals surface area contributed by atoms with E-state index in [1.54, 1.807) is 28.4 Å². The Morgan fingerprint density at radius 1 is 1.09 bits per heavy atom. The summed E-state index contributed by atoms with van der Waals surface area (Å²) in [6, 6.07) is 12.9. The lowest BCUT2D eigenvalue weighted by atomic mass is 10.0. The minimum absolute atomic E-state index is 0.0258. The van der Waals surface area contributed by atoms with Gasteiger partial charge in [0.1, 0.15) is 18.9 Å². The van der Waals surface area contributed by atoms with Crippen molar-refractivity contribution >= 4 is 46.1 Å². The van der Waals surface area contributed by atoms with E-state index < -0.39 is 0 Å². The Bertz CT molecular complexity index is 1110. The molecule has 2 amide bonds. The fourth-order valence-corrected chi connectivity index (χ4v) is 5.97. The van der Waals surface area contributed by atoms with Crippen LogP contribution in [0.1, 0.15) is 39.0 Å². The van der Waals surface area contributed by atoms with Crippen molar-refractivity contribution in [1.82, 2.24) is 9.80 Å². The molecular weight excluding hydrogens is 476 g/mol. The summed E-state index contributed by atoms with van der Waals surface area (Å²) in [5.41, 5.74) is 1.15. The van der Waals surface area contributed by atoms with Crippen molar-refractivity contribution in [3.05, 3.63) is 73.6 Å². The molecule has 1 aromatic carbocycles. The quantitative estimate of drug-likeness (QED) is 0.409. The molecule has 1 aliphatic carbocycles. The maximum absolute atomic E-state index is 13.5. The number of rotatable bonds is 8. The van der Waals surface area contributed by atoms with Crippen LogP contribution in [-0.4, -0.2) is 47.9 Å². The lowest BCUT2D eigenvalue weighted by Gasteiger charge is -2.37. The van der Waals surface area contributed by atoms with E-state index in [2.05, 4.69) is 11.4 Å².